The first-order valence-electron chi connectivity index (χ1n) is 8.05. The molecule has 4 rings (SSSR count). The third kappa shape index (κ3) is 2.27. The number of phenolic OH excluding ortho intramolecular Hbond substituents is 1. The molecule has 2 aromatic carbocycles. The SMILES string of the molecule is Oc1ccc(C23CCCC(F)(F)CC2Oc2c(Cl)cccc23)cc1. The third-order valence-electron chi connectivity index (χ3n) is 5.24. The van der Waals surface area contributed by atoms with E-state index >= 15 is 0 Å². The van der Waals surface area contributed by atoms with Crippen LogP contribution in [0.5, 0.6) is 11.5 Å². The topological polar surface area (TPSA) is 29.5 Å². The minimum atomic E-state index is -2.75. The summed E-state index contributed by atoms with van der Waals surface area (Å²) in [6.07, 6.45) is -0.179. The molecular weight excluding hydrogens is 334 g/mol. The molecule has 2 aromatic rings. The molecule has 24 heavy (non-hydrogen) atoms. The number of ether oxygens (including phenoxy) is 1. The highest BCUT2D eigenvalue weighted by Gasteiger charge is 2.55. The lowest BCUT2D eigenvalue weighted by Gasteiger charge is -2.34. The normalized spacial score (nSPS) is 27.7. The van der Waals surface area contributed by atoms with Crippen LogP contribution < -0.4 is 4.74 Å². The Labute approximate surface area is 144 Å². The van der Waals surface area contributed by atoms with E-state index < -0.39 is 17.4 Å². The maximum Gasteiger partial charge on any atom is 0.251 e. The Morgan fingerprint density at radius 1 is 1.08 bits per heavy atom. The number of benzene rings is 2. The number of rotatable bonds is 1. The molecule has 0 radical (unpaired) electrons. The molecule has 2 aliphatic rings. The first-order valence-corrected chi connectivity index (χ1v) is 8.43. The summed E-state index contributed by atoms with van der Waals surface area (Å²) < 4.78 is 34.4. The van der Waals surface area contributed by atoms with Gasteiger partial charge in [-0.05, 0) is 36.6 Å². The van der Waals surface area contributed by atoms with Gasteiger partial charge in [-0.2, -0.15) is 0 Å². The second-order valence-corrected chi connectivity index (χ2v) is 7.06. The zero-order chi connectivity index (χ0) is 16.9. The molecule has 1 heterocycles. The van der Waals surface area contributed by atoms with Crippen molar-refractivity contribution in [2.45, 2.75) is 43.1 Å². The molecule has 0 spiro atoms. The second kappa shape index (κ2) is 5.35. The Balaban J connectivity index is 1.94. The highest BCUT2D eigenvalue weighted by molar-refractivity contribution is 6.32. The number of hydrogen-bond acceptors (Lipinski definition) is 2. The molecule has 1 saturated carbocycles. The van der Waals surface area contributed by atoms with Crippen molar-refractivity contribution in [2.75, 3.05) is 0 Å². The molecule has 0 aromatic heterocycles. The third-order valence-corrected chi connectivity index (χ3v) is 5.54. The van der Waals surface area contributed by atoms with E-state index in [-0.39, 0.29) is 18.6 Å². The summed E-state index contributed by atoms with van der Waals surface area (Å²) in [6.45, 7) is 0. The summed E-state index contributed by atoms with van der Waals surface area (Å²) >= 11 is 6.27. The molecule has 5 heteroatoms. The van der Waals surface area contributed by atoms with Gasteiger partial charge in [0.05, 0.1) is 10.4 Å². The van der Waals surface area contributed by atoms with E-state index in [1.54, 1.807) is 30.3 Å². The van der Waals surface area contributed by atoms with E-state index in [0.717, 1.165) is 11.1 Å². The van der Waals surface area contributed by atoms with Gasteiger partial charge < -0.3 is 9.84 Å². The van der Waals surface area contributed by atoms with Gasteiger partial charge in [0.2, 0.25) is 0 Å². The van der Waals surface area contributed by atoms with Crippen LogP contribution in [0.4, 0.5) is 8.78 Å². The standard InChI is InChI=1S/C19H17ClF2O2/c20-15-4-1-3-14-17(15)24-16-11-18(21,22)9-2-10-19(14,16)12-5-7-13(23)8-6-12/h1,3-8,16,23H,2,9-11H2. The summed E-state index contributed by atoms with van der Waals surface area (Å²) in [5.74, 6) is -2.09. The molecule has 126 valence electrons. The van der Waals surface area contributed by atoms with E-state index in [1.807, 2.05) is 12.1 Å². The van der Waals surface area contributed by atoms with Crippen LogP contribution in [0.1, 0.15) is 36.8 Å². The van der Waals surface area contributed by atoms with Gasteiger partial charge in [0.25, 0.3) is 5.92 Å². The van der Waals surface area contributed by atoms with Crippen LogP contribution in [-0.4, -0.2) is 17.1 Å². The number of alkyl halides is 2. The second-order valence-electron chi connectivity index (χ2n) is 6.65. The molecule has 2 atom stereocenters. The average molecular weight is 351 g/mol. The van der Waals surface area contributed by atoms with Gasteiger partial charge >= 0.3 is 0 Å². The first-order chi connectivity index (χ1) is 11.4. The molecule has 0 bridgehead atoms. The molecule has 2 nitrogen and oxygen atoms in total. The predicted molar refractivity (Wildman–Crippen MR) is 88.2 cm³/mol. The van der Waals surface area contributed by atoms with Crippen molar-refractivity contribution in [1.29, 1.82) is 0 Å². The van der Waals surface area contributed by atoms with Gasteiger partial charge in [-0.25, -0.2) is 8.78 Å². The number of para-hydroxylation sites is 1. The predicted octanol–water partition coefficient (Wildman–Crippen LogP) is 5.30. The zero-order valence-electron chi connectivity index (χ0n) is 12.9. The highest BCUT2D eigenvalue weighted by Crippen LogP contribution is 2.56. The van der Waals surface area contributed by atoms with E-state index in [9.17, 15) is 13.9 Å². The van der Waals surface area contributed by atoms with Crippen molar-refractivity contribution >= 4 is 11.6 Å². The van der Waals surface area contributed by atoms with E-state index in [4.69, 9.17) is 16.3 Å². The number of halogens is 3. The summed E-state index contributed by atoms with van der Waals surface area (Å²) in [5.41, 5.74) is 1.08. The Kier molecular flexibility index (Phi) is 3.50. The smallest absolute Gasteiger partial charge is 0.251 e. The minimum absolute atomic E-state index is 0.136. The van der Waals surface area contributed by atoms with Gasteiger partial charge in [-0.3, -0.25) is 0 Å². The van der Waals surface area contributed by atoms with Gasteiger partial charge in [-0.1, -0.05) is 35.9 Å². The van der Waals surface area contributed by atoms with E-state index in [0.29, 0.717) is 23.6 Å². The zero-order valence-corrected chi connectivity index (χ0v) is 13.7. The monoisotopic (exact) mass is 350 g/mol. The van der Waals surface area contributed by atoms with Gasteiger partial charge in [0.1, 0.15) is 17.6 Å². The summed E-state index contributed by atoms with van der Waals surface area (Å²) in [4.78, 5) is 0. The lowest BCUT2D eigenvalue weighted by Crippen LogP contribution is -2.40. The van der Waals surface area contributed by atoms with Crippen molar-refractivity contribution in [2.24, 2.45) is 0 Å². The fraction of sp³-hybridized carbons (Fsp3) is 0.368. The minimum Gasteiger partial charge on any atom is -0.508 e. The van der Waals surface area contributed by atoms with Crippen LogP contribution >= 0.6 is 11.6 Å². The van der Waals surface area contributed by atoms with Gasteiger partial charge in [0.15, 0.2) is 0 Å². The maximum atomic E-state index is 14.2. The number of aromatic hydroxyl groups is 1. The quantitative estimate of drug-likeness (QED) is 0.756. The Bertz CT molecular complexity index is 775. The maximum absolute atomic E-state index is 14.2. The van der Waals surface area contributed by atoms with Gasteiger partial charge in [0, 0.05) is 18.4 Å². The largest absolute Gasteiger partial charge is 0.508 e. The van der Waals surface area contributed by atoms with E-state index in [1.165, 1.54) is 0 Å². The van der Waals surface area contributed by atoms with Crippen molar-refractivity contribution in [3.8, 4) is 11.5 Å². The van der Waals surface area contributed by atoms with Crippen LogP contribution in [0.3, 0.4) is 0 Å². The van der Waals surface area contributed by atoms with Gasteiger partial charge in [-0.15, -0.1) is 0 Å². The molecule has 1 fully saturated rings. The molecule has 2 unspecified atom stereocenters. The van der Waals surface area contributed by atoms with Crippen molar-refractivity contribution < 1.29 is 18.6 Å². The lowest BCUT2D eigenvalue weighted by molar-refractivity contribution is -0.0402. The molecule has 1 N–H and O–H groups in total. The number of fused-ring (bicyclic) bond motifs is 3. The molecular formula is C19H17ClF2O2. The van der Waals surface area contributed by atoms with Crippen LogP contribution in [0.15, 0.2) is 42.5 Å². The molecule has 1 aliphatic heterocycles. The highest BCUT2D eigenvalue weighted by atomic mass is 35.5. The van der Waals surface area contributed by atoms with Crippen LogP contribution in [0.2, 0.25) is 5.02 Å². The molecule has 0 amide bonds. The Hall–Kier alpha value is -1.81. The number of hydrogen-bond donors (Lipinski definition) is 1. The van der Waals surface area contributed by atoms with Crippen LogP contribution in [-0.2, 0) is 5.41 Å². The lowest BCUT2D eigenvalue weighted by atomic mass is 9.68. The van der Waals surface area contributed by atoms with E-state index in [2.05, 4.69) is 0 Å². The first kappa shape index (κ1) is 15.7. The van der Waals surface area contributed by atoms with Crippen molar-refractivity contribution in [3.05, 3.63) is 58.6 Å². The van der Waals surface area contributed by atoms with Crippen LogP contribution in [0.25, 0.3) is 0 Å². The number of phenols is 1. The fourth-order valence-corrected chi connectivity index (χ4v) is 4.37. The summed E-state index contributed by atoms with van der Waals surface area (Å²) in [5, 5.41) is 10.0. The molecule has 0 saturated heterocycles. The Morgan fingerprint density at radius 2 is 1.83 bits per heavy atom. The van der Waals surface area contributed by atoms with Crippen LogP contribution in [0, 0.1) is 0 Å². The summed E-state index contributed by atoms with van der Waals surface area (Å²) in [6, 6.07) is 12.2. The summed E-state index contributed by atoms with van der Waals surface area (Å²) in [7, 11) is 0. The fourth-order valence-electron chi connectivity index (χ4n) is 4.15. The average Bonchev–Trinajstić information content (AvgIpc) is 2.76. The van der Waals surface area contributed by atoms with Crippen molar-refractivity contribution in [3.63, 3.8) is 0 Å². The Morgan fingerprint density at radius 3 is 2.58 bits per heavy atom. The molecule has 1 aliphatic carbocycles. The van der Waals surface area contributed by atoms with Crippen molar-refractivity contribution in [1.82, 2.24) is 0 Å².